The molecule has 1 nitrogen and oxygen atoms in total. The van der Waals surface area contributed by atoms with Gasteiger partial charge in [-0.3, -0.25) is 4.48 Å². The third-order valence-corrected chi connectivity index (χ3v) is 9.14. The summed E-state index contributed by atoms with van der Waals surface area (Å²) in [5, 5.41) is 0. The fraction of sp³-hybridized carbons (Fsp3) is 0.733. The second kappa shape index (κ2) is 8.31. The molecule has 0 amide bonds. The number of unbranched alkanes of at least 4 members (excludes halogenated alkanes) is 1. The van der Waals surface area contributed by atoms with Crippen LogP contribution in [0, 0.1) is 0 Å². The predicted octanol–water partition coefficient (Wildman–Crippen LogP) is 9.47. The number of hydrogen-bond acceptors (Lipinski definition) is 0. The van der Waals surface area contributed by atoms with Gasteiger partial charge in [0.1, 0.15) is 12.4 Å². The second-order valence-electron chi connectivity index (χ2n) is 7.51. The number of halogens is 18. The van der Waals surface area contributed by atoms with Crippen molar-refractivity contribution in [3.63, 3.8) is 0 Å². The Labute approximate surface area is 184 Å². The number of hydrogen-bond donors (Lipinski definition) is 0. The van der Waals surface area contributed by atoms with Crippen molar-refractivity contribution >= 4 is 6.88 Å². The molecule has 0 aliphatic carbocycles. The SMILES string of the molecule is CCCC[N+]1(C)C=CC=C1.FC(F)(F)C(F)(F)[P-](F)(F)(F)(C(F)(F)C(F)(F)F)C(F)(F)C(F)(F)F. The van der Waals surface area contributed by atoms with Crippen LogP contribution in [0.25, 0.3) is 0 Å². The van der Waals surface area contributed by atoms with E-state index in [1.54, 1.807) is 0 Å². The molecule has 1 aliphatic heterocycles. The molecule has 0 aromatic heterocycles. The molecule has 0 N–H and O–H groups in total. The molecule has 0 fully saturated rings. The molecule has 0 spiro atoms. The van der Waals surface area contributed by atoms with Gasteiger partial charge in [0.15, 0.2) is 0 Å². The van der Waals surface area contributed by atoms with Crippen LogP contribution in [0.1, 0.15) is 19.8 Å². The Kier molecular flexibility index (Phi) is 7.98. The van der Waals surface area contributed by atoms with Crippen LogP contribution in [0.2, 0.25) is 0 Å². The number of allylic oxidation sites excluding steroid dienone is 2. The normalized spacial score (nSPS) is 19.7. The average Bonchev–Trinajstić information content (AvgIpc) is 3.04. The summed E-state index contributed by atoms with van der Waals surface area (Å²) in [6.45, 7) is -11.5. The first-order valence-electron chi connectivity index (χ1n) is 8.75. The van der Waals surface area contributed by atoms with E-state index in [4.69, 9.17) is 0 Å². The summed E-state index contributed by atoms with van der Waals surface area (Å²) in [4.78, 5) is 0. The van der Waals surface area contributed by atoms with Crippen molar-refractivity contribution in [2.75, 3.05) is 13.6 Å². The minimum atomic E-state index is -15.0. The van der Waals surface area contributed by atoms with E-state index >= 15 is 0 Å². The molecule has 0 saturated carbocycles. The Hall–Kier alpha value is -1.39. The number of quaternary nitrogens is 1. The van der Waals surface area contributed by atoms with Gasteiger partial charge in [-0.15, -0.1) is 0 Å². The van der Waals surface area contributed by atoms with Gasteiger partial charge in [0.25, 0.3) is 0 Å². The molecule has 0 aromatic carbocycles. The first-order valence-corrected chi connectivity index (χ1v) is 11.1. The maximum atomic E-state index is 13.4. The van der Waals surface area contributed by atoms with Crippen molar-refractivity contribution in [2.24, 2.45) is 0 Å². The van der Waals surface area contributed by atoms with E-state index in [0.29, 0.717) is 0 Å². The Morgan fingerprint density at radius 2 is 0.829 bits per heavy atom. The molecule has 0 bridgehead atoms. The van der Waals surface area contributed by atoms with Gasteiger partial charge in [0, 0.05) is 0 Å². The monoisotopic (exact) mass is 583 g/mol. The molecule has 1 aliphatic rings. The molecule has 20 heteroatoms. The van der Waals surface area contributed by atoms with Crippen LogP contribution in [-0.4, -0.2) is 53.6 Å². The molecule has 212 valence electrons. The Morgan fingerprint density at radius 1 is 0.571 bits per heavy atom. The standard InChI is InChI=1S/C9H16N.C6F18P/c1-3-4-7-10(2)8-5-6-9-10;7-1(8,9)4(16,17)25(22,23,24,5(18,19)2(10,11)12)6(20,21)3(13,14)15/h5-6,8-9H,3-4,7H2,1-2H3;/q+1;-1. The van der Waals surface area contributed by atoms with Crippen molar-refractivity contribution in [1.29, 1.82) is 0 Å². The van der Waals surface area contributed by atoms with Crippen molar-refractivity contribution in [3.8, 4) is 0 Å². The molecule has 0 atom stereocenters. The minimum absolute atomic E-state index is 0.994. The maximum absolute atomic E-state index is 15.0. The van der Waals surface area contributed by atoms with Crippen LogP contribution in [0.4, 0.5) is 78.4 Å². The fourth-order valence-corrected chi connectivity index (χ4v) is 5.21. The van der Waals surface area contributed by atoms with Crippen molar-refractivity contribution in [1.82, 2.24) is 0 Å². The van der Waals surface area contributed by atoms with Crippen LogP contribution in [0.3, 0.4) is 0 Å². The first-order chi connectivity index (χ1) is 14.9. The number of nitrogens with zero attached hydrogens (tertiary/aromatic N) is 1. The van der Waals surface area contributed by atoms with E-state index in [1.165, 1.54) is 19.4 Å². The average molecular weight is 583 g/mol. The van der Waals surface area contributed by atoms with Crippen LogP contribution in [0.15, 0.2) is 24.6 Å². The number of rotatable bonds is 6. The Balaban J connectivity index is 0.000000952. The van der Waals surface area contributed by atoms with Gasteiger partial charge in [-0.05, 0) is 18.6 Å². The van der Waals surface area contributed by atoms with Gasteiger partial charge >= 0.3 is 121 Å². The van der Waals surface area contributed by atoms with Crippen LogP contribution in [0.5, 0.6) is 0 Å². The molecule has 0 aromatic rings. The predicted molar refractivity (Wildman–Crippen MR) is 87.5 cm³/mol. The zero-order valence-electron chi connectivity index (χ0n) is 17.1. The van der Waals surface area contributed by atoms with Gasteiger partial charge in [0.2, 0.25) is 0 Å². The van der Waals surface area contributed by atoms with Gasteiger partial charge in [-0.2, -0.15) is 0 Å². The summed E-state index contributed by atoms with van der Waals surface area (Å²) in [5.41, 5.74) is -29.3. The summed E-state index contributed by atoms with van der Waals surface area (Å²) in [6.07, 6.45) is -14.8. The summed E-state index contributed by atoms with van der Waals surface area (Å²) < 4.78 is 223. The third kappa shape index (κ3) is 4.27. The van der Waals surface area contributed by atoms with Gasteiger partial charge in [-0.25, -0.2) is 0 Å². The topological polar surface area (TPSA) is 0 Å². The summed E-state index contributed by atoms with van der Waals surface area (Å²) >= 11 is 0. The molecular formula is C15H16F18NP. The molecule has 1 heterocycles. The van der Waals surface area contributed by atoms with Crippen LogP contribution in [-0.2, 0) is 0 Å². The van der Waals surface area contributed by atoms with Gasteiger partial charge < -0.3 is 0 Å². The molecule has 35 heavy (non-hydrogen) atoms. The van der Waals surface area contributed by atoms with Crippen molar-refractivity contribution in [2.45, 2.75) is 55.3 Å². The molecular weight excluding hydrogens is 567 g/mol. The van der Waals surface area contributed by atoms with Gasteiger partial charge in [-0.1, -0.05) is 13.3 Å². The van der Waals surface area contributed by atoms with Crippen LogP contribution >= 0.6 is 6.88 Å². The van der Waals surface area contributed by atoms with E-state index in [1.807, 2.05) is 0 Å². The second-order valence-corrected chi connectivity index (χ2v) is 11.8. The van der Waals surface area contributed by atoms with Gasteiger partial charge in [0.05, 0.1) is 13.6 Å². The van der Waals surface area contributed by atoms with E-state index in [9.17, 15) is 78.4 Å². The van der Waals surface area contributed by atoms with E-state index in [-0.39, 0.29) is 0 Å². The van der Waals surface area contributed by atoms with Crippen molar-refractivity contribution < 1.29 is 82.9 Å². The quantitative estimate of drug-likeness (QED) is 0.166. The zero-order valence-corrected chi connectivity index (χ0v) is 18.0. The van der Waals surface area contributed by atoms with Crippen molar-refractivity contribution in [3.05, 3.63) is 24.6 Å². The van der Waals surface area contributed by atoms with E-state index in [2.05, 4.69) is 38.5 Å². The van der Waals surface area contributed by atoms with E-state index < -0.39 is 42.4 Å². The molecule has 1 rings (SSSR count). The zero-order chi connectivity index (χ0) is 28.9. The Morgan fingerprint density at radius 3 is 1.03 bits per heavy atom. The summed E-state index contributed by atoms with van der Waals surface area (Å²) in [6, 6.07) is 0. The number of alkyl halides is 15. The molecule has 0 radical (unpaired) electrons. The first kappa shape index (κ1) is 33.6. The molecule has 0 unspecified atom stereocenters. The van der Waals surface area contributed by atoms with Crippen LogP contribution < -0.4 is 0 Å². The summed E-state index contributed by atoms with van der Waals surface area (Å²) in [5.74, 6) is 0. The fourth-order valence-electron chi connectivity index (χ4n) is 2.53. The Bertz CT molecular complexity index is 746. The summed E-state index contributed by atoms with van der Waals surface area (Å²) in [7, 11) is 2.23. The third-order valence-electron chi connectivity index (χ3n) is 4.78. The van der Waals surface area contributed by atoms with E-state index in [0.717, 1.165) is 4.48 Å². The molecule has 0 saturated heterocycles.